The minimum absolute atomic E-state index is 0.0826. The van der Waals surface area contributed by atoms with Crippen LogP contribution in [0.4, 0.5) is 11.6 Å². The lowest BCUT2D eigenvalue weighted by Gasteiger charge is -2.09. The molecule has 0 radical (unpaired) electrons. The van der Waals surface area contributed by atoms with Crippen LogP contribution in [-0.4, -0.2) is 34.0 Å². The van der Waals surface area contributed by atoms with E-state index in [9.17, 15) is 8.42 Å². The van der Waals surface area contributed by atoms with Gasteiger partial charge in [0.05, 0.1) is 22.5 Å². The fraction of sp³-hybridized carbons (Fsp3) is 0.316. The molecule has 2 N–H and O–H groups in total. The van der Waals surface area contributed by atoms with E-state index in [0.717, 1.165) is 36.5 Å². The molecule has 1 aromatic carbocycles. The Hall–Kier alpha value is -2.78. The lowest BCUT2D eigenvalue weighted by Crippen LogP contribution is -2.25. The number of anilines is 2. The van der Waals surface area contributed by atoms with Crippen LogP contribution in [0.3, 0.4) is 0 Å². The number of nitrogens with zero attached hydrogens (tertiary/aromatic N) is 4. The molecule has 146 valence electrons. The van der Waals surface area contributed by atoms with Gasteiger partial charge >= 0.3 is 0 Å². The maximum atomic E-state index is 12.2. The van der Waals surface area contributed by atoms with E-state index in [4.69, 9.17) is 0 Å². The largest absolute Gasteiger partial charge is 0.330 e. The van der Waals surface area contributed by atoms with Crippen molar-refractivity contribution in [1.29, 1.82) is 0 Å². The first-order valence-corrected chi connectivity index (χ1v) is 10.7. The molecule has 1 saturated carbocycles. The predicted molar refractivity (Wildman–Crippen MR) is 107 cm³/mol. The van der Waals surface area contributed by atoms with Gasteiger partial charge in [-0.15, -0.1) is 0 Å². The number of imidazole rings is 1. The summed E-state index contributed by atoms with van der Waals surface area (Å²) >= 11 is 0. The Bertz CT molecular complexity index is 1090. The van der Waals surface area contributed by atoms with Gasteiger partial charge in [0, 0.05) is 31.4 Å². The van der Waals surface area contributed by atoms with E-state index >= 15 is 0 Å². The van der Waals surface area contributed by atoms with Gasteiger partial charge in [0.1, 0.15) is 5.82 Å². The van der Waals surface area contributed by atoms with E-state index in [-0.39, 0.29) is 10.9 Å². The minimum atomic E-state index is -3.45. The third kappa shape index (κ3) is 3.90. The molecule has 3 aromatic rings. The predicted octanol–water partition coefficient (Wildman–Crippen LogP) is 2.62. The van der Waals surface area contributed by atoms with Gasteiger partial charge in [-0.25, -0.2) is 28.1 Å². The number of nitrogens with one attached hydrogen (secondary N) is 2. The van der Waals surface area contributed by atoms with Crippen molar-refractivity contribution in [2.45, 2.75) is 37.1 Å². The maximum absolute atomic E-state index is 12.2. The van der Waals surface area contributed by atoms with Gasteiger partial charge in [-0.05, 0) is 43.2 Å². The summed E-state index contributed by atoms with van der Waals surface area (Å²) in [6, 6.07) is 8.48. The molecule has 28 heavy (non-hydrogen) atoms. The van der Waals surface area contributed by atoms with Crippen LogP contribution in [0, 0.1) is 0 Å². The maximum Gasteiger partial charge on any atom is 0.240 e. The van der Waals surface area contributed by atoms with Crippen LogP contribution in [-0.2, 0) is 23.5 Å². The summed E-state index contributed by atoms with van der Waals surface area (Å²) < 4.78 is 29.2. The van der Waals surface area contributed by atoms with Gasteiger partial charge in [0.25, 0.3) is 0 Å². The first-order chi connectivity index (χ1) is 13.5. The molecule has 9 heteroatoms. The number of benzene rings is 1. The average Bonchev–Trinajstić information content (AvgIpc) is 3.40. The van der Waals surface area contributed by atoms with E-state index < -0.39 is 10.0 Å². The summed E-state index contributed by atoms with van der Waals surface area (Å²) in [4.78, 5) is 13.5. The molecule has 2 heterocycles. The number of hydrogen-bond donors (Lipinski definition) is 2. The monoisotopic (exact) mass is 398 g/mol. The second-order valence-corrected chi connectivity index (χ2v) is 8.50. The number of rotatable bonds is 7. The van der Waals surface area contributed by atoms with Gasteiger partial charge in [-0.3, -0.25) is 0 Å². The first-order valence-electron chi connectivity index (χ1n) is 9.19. The van der Waals surface area contributed by atoms with Gasteiger partial charge in [0.15, 0.2) is 0 Å². The zero-order chi connectivity index (χ0) is 19.7. The molecule has 0 spiro atoms. The van der Waals surface area contributed by atoms with Crippen molar-refractivity contribution in [1.82, 2.24) is 24.2 Å². The van der Waals surface area contributed by atoms with Crippen LogP contribution in [0.5, 0.6) is 0 Å². The van der Waals surface area contributed by atoms with Crippen LogP contribution >= 0.6 is 0 Å². The highest BCUT2D eigenvalue weighted by Crippen LogP contribution is 2.24. The van der Waals surface area contributed by atoms with Gasteiger partial charge < -0.3 is 9.88 Å². The van der Waals surface area contributed by atoms with E-state index in [1.807, 2.05) is 17.7 Å². The average molecular weight is 398 g/mol. The highest BCUT2D eigenvalue weighted by atomic mass is 32.2. The van der Waals surface area contributed by atoms with E-state index in [1.54, 1.807) is 36.7 Å². The third-order valence-electron chi connectivity index (χ3n) is 4.64. The highest BCUT2D eigenvalue weighted by molar-refractivity contribution is 7.89. The van der Waals surface area contributed by atoms with E-state index in [2.05, 4.69) is 31.9 Å². The van der Waals surface area contributed by atoms with Crippen molar-refractivity contribution in [3.8, 4) is 11.4 Å². The molecule has 1 fully saturated rings. The standard InChI is InChI=1S/C19H22N6O2S/c1-3-18-21-12-17(25(18)2)16-10-11-20-19(23-16)22-13-6-8-15(9-7-13)28(26,27)24-14-4-5-14/h6-12,14,24H,3-5H2,1-2H3,(H,20,22,23). The van der Waals surface area contributed by atoms with Crippen molar-refractivity contribution >= 4 is 21.7 Å². The molecule has 0 saturated heterocycles. The molecule has 0 unspecified atom stereocenters. The van der Waals surface area contributed by atoms with Crippen molar-refractivity contribution in [3.63, 3.8) is 0 Å². The second-order valence-electron chi connectivity index (χ2n) is 6.78. The van der Waals surface area contributed by atoms with E-state index in [1.165, 1.54) is 0 Å². The van der Waals surface area contributed by atoms with Crippen molar-refractivity contribution in [2.24, 2.45) is 7.05 Å². The van der Waals surface area contributed by atoms with Crippen LogP contribution in [0.15, 0.2) is 47.6 Å². The lowest BCUT2D eigenvalue weighted by atomic mass is 10.3. The lowest BCUT2D eigenvalue weighted by molar-refractivity contribution is 0.581. The Balaban J connectivity index is 1.52. The van der Waals surface area contributed by atoms with Gasteiger partial charge in [0.2, 0.25) is 16.0 Å². The SMILES string of the molecule is CCc1ncc(-c2ccnc(Nc3ccc(S(=O)(=O)NC4CC4)cc3)n2)n1C. The Morgan fingerprint density at radius 2 is 1.89 bits per heavy atom. The summed E-state index contributed by atoms with van der Waals surface area (Å²) in [6.45, 7) is 2.06. The number of hydrogen-bond acceptors (Lipinski definition) is 6. The number of aromatic nitrogens is 4. The van der Waals surface area contributed by atoms with Crippen LogP contribution in [0.2, 0.25) is 0 Å². The van der Waals surface area contributed by atoms with Crippen LogP contribution in [0.25, 0.3) is 11.4 Å². The molecule has 4 rings (SSSR count). The summed E-state index contributed by atoms with van der Waals surface area (Å²) in [5, 5.41) is 3.12. The molecule has 0 bridgehead atoms. The molecular formula is C19H22N6O2S. The zero-order valence-electron chi connectivity index (χ0n) is 15.8. The Morgan fingerprint density at radius 1 is 1.14 bits per heavy atom. The molecule has 0 amide bonds. The molecule has 1 aliphatic carbocycles. The summed E-state index contributed by atoms with van der Waals surface area (Å²) in [6.07, 6.45) is 6.14. The quantitative estimate of drug-likeness (QED) is 0.634. The molecule has 1 aliphatic rings. The zero-order valence-corrected chi connectivity index (χ0v) is 16.6. The smallest absolute Gasteiger partial charge is 0.240 e. The molecule has 0 atom stereocenters. The van der Waals surface area contributed by atoms with Crippen molar-refractivity contribution < 1.29 is 8.42 Å². The topological polar surface area (TPSA) is 102 Å². The number of aryl methyl sites for hydroxylation is 1. The fourth-order valence-electron chi connectivity index (χ4n) is 2.91. The highest BCUT2D eigenvalue weighted by Gasteiger charge is 2.27. The Morgan fingerprint density at radius 3 is 2.54 bits per heavy atom. The second kappa shape index (κ2) is 7.33. The van der Waals surface area contributed by atoms with Crippen molar-refractivity contribution in [3.05, 3.63) is 48.5 Å². The minimum Gasteiger partial charge on any atom is -0.330 e. The summed E-state index contributed by atoms with van der Waals surface area (Å²) in [7, 11) is -1.49. The fourth-order valence-corrected chi connectivity index (χ4v) is 4.22. The molecule has 8 nitrogen and oxygen atoms in total. The van der Waals surface area contributed by atoms with Crippen LogP contribution < -0.4 is 10.0 Å². The molecule has 2 aromatic heterocycles. The molecule has 0 aliphatic heterocycles. The van der Waals surface area contributed by atoms with Crippen molar-refractivity contribution in [2.75, 3.05) is 5.32 Å². The summed E-state index contributed by atoms with van der Waals surface area (Å²) in [5.74, 6) is 1.42. The van der Waals surface area contributed by atoms with E-state index in [0.29, 0.717) is 11.6 Å². The Kier molecular flexibility index (Phi) is 4.86. The molecular weight excluding hydrogens is 376 g/mol. The Labute approximate surface area is 164 Å². The third-order valence-corrected chi connectivity index (χ3v) is 6.17. The van der Waals surface area contributed by atoms with Gasteiger partial charge in [-0.2, -0.15) is 0 Å². The van der Waals surface area contributed by atoms with Gasteiger partial charge in [-0.1, -0.05) is 6.92 Å². The summed E-state index contributed by atoms with van der Waals surface area (Å²) in [5.41, 5.74) is 2.39. The first kappa shape index (κ1) is 18.6. The normalized spacial score (nSPS) is 14.2. The van der Waals surface area contributed by atoms with Crippen LogP contribution in [0.1, 0.15) is 25.6 Å². The number of sulfonamides is 1.